The van der Waals surface area contributed by atoms with Gasteiger partial charge in [-0.05, 0) is 34.2 Å². The van der Waals surface area contributed by atoms with Crippen LogP contribution in [0.15, 0.2) is 57.9 Å². The maximum absolute atomic E-state index is 13.3. The SMILES string of the molecule is O=C(/C=C/c1ccccc1[N+](=O)[O-])c1c(=O)o[nH][n+]1-c1ccc(F)c(Cl)c1. The van der Waals surface area contributed by atoms with E-state index in [4.69, 9.17) is 11.6 Å². The topological polar surface area (TPSA) is 110 Å². The first-order chi connectivity index (χ1) is 12.9. The van der Waals surface area contributed by atoms with E-state index in [-0.39, 0.29) is 22.0 Å². The first-order valence-corrected chi connectivity index (χ1v) is 7.81. The minimum absolute atomic E-state index is 0.187. The van der Waals surface area contributed by atoms with Gasteiger partial charge in [0.05, 0.1) is 15.5 Å². The number of aromatic nitrogens is 2. The highest BCUT2D eigenvalue weighted by Gasteiger charge is 2.29. The van der Waals surface area contributed by atoms with Crippen LogP contribution in [-0.2, 0) is 0 Å². The van der Waals surface area contributed by atoms with Gasteiger partial charge in [-0.1, -0.05) is 23.7 Å². The first-order valence-electron chi connectivity index (χ1n) is 7.43. The number of ketones is 1. The second kappa shape index (κ2) is 7.34. The number of aromatic amines is 1. The van der Waals surface area contributed by atoms with Crippen LogP contribution in [0.3, 0.4) is 0 Å². The molecular weight excluding hydrogens is 381 g/mol. The molecule has 0 aliphatic heterocycles. The summed E-state index contributed by atoms with van der Waals surface area (Å²) < 4.78 is 19.0. The van der Waals surface area contributed by atoms with E-state index in [0.717, 1.165) is 16.8 Å². The van der Waals surface area contributed by atoms with E-state index in [1.807, 2.05) is 0 Å². The molecule has 10 heteroatoms. The molecule has 1 N–H and O–H groups in total. The minimum Gasteiger partial charge on any atom is -0.282 e. The van der Waals surface area contributed by atoms with Gasteiger partial charge in [0.1, 0.15) is 5.82 Å². The number of hydrogen-bond acceptors (Lipinski definition) is 5. The van der Waals surface area contributed by atoms with E-state index >= 15 is 0 Å². The zero-order valence-corrected chi connectivity index (χ0v) is 14.1. The molecule has 3 rings (SSSR count). The molecule has 0 bridgehead atoms. The third kappa shape index (κ3) is 3.67. The van der Waals surface area contributed by atoms with Crippen LogP contribution in [-0.4, -0.2) is 16.0 Å². The van der Waals surface area contributed by atoms with Gasteiger partial charge in [0, 0.05) is 18.2 Å². The third-order valence-electron chi connectivity index (χ3n) is 3.59. The number of carbonyl (C=O) groups excluding carboxylic acids is 1. The molecule has 0 radical (unpaired) electrons. The van der Waals surface area contributed by atoms with Crippen molar-refractivity contribution in [2.45, 2.75) is 0 Å². The van der Waals surface area contributed by atoms with E-state index in [1.165, 1.54) is 36.4 Å². The normalized spacial score (nSPS) is 11.0. The van der Waals surface area contributed by atoms with Crippen molar-refractivity contribution in [3.63, 3.8) is 0 Å². The Balaban J connectivity index is 1.99. The van der Waals surface area contributed by atoms with Crippen molar-refractivity contribution < 1.29 is 23.3 Å². The average Bonchev–Trinajstić information content (AvgIpc) is 3.03. The van der Waals surface area contributed by atoms with Crippen LogP contribution in [0, 0.1) is 15.9 Å². The first kappa shape index (κ1) is 18.2. The van der Waals surface area contributed by atoms with Crippen molar-refractivity contribution in [2.24, 2.45) is 0 Å². The van der Waals surface area contributed by atoms with E-state index in [9.17, 15) is 24.1 Å². The summed E-state index contributed by atoms with van der Waals surface area (Å²) >= 11 is 5.72. The van der Waals surface area contributed by atoms with Crippen LogP contribution in [0.5, 0.6) is 0 Å². The molecule has 0 aliphatic rings. The number of rotatable bonds is 5. The molecule has 1 heterocycles. The Morgan fingerprint density at radius 2 is 2.04 bits per heavy atom. The van der Waals surface area contributed by atoms with Gasteiger partial charge in [-0.15, -0.1) is 0 Å². The van der Waals surface area contributed by atoms with Crippen LogP contribution in [0.4, 0.5) is 10.1 Å². The van der Waals surface area contributed by atoms with Crippen molar-refractivity contribution in [1.29, 1.82) is 0 Å². The molecule has 8 nitrogen and oxygen atoms in total. The van der Waals surface area contributed by atoms with Crippen molar-refractivity contribution in [1.82, 2.24) is 5.27 Å². The predicted molar refractivity (Wildman–Crippen MR) is 92.3 cm³/mol. The number of para-hydroxylation sites is 1. The molecule has 2 aromatic carbocycles. The number of benzene rings is 2. The van der Waals surface area contributed by atoms with Gasteiger partial charge in [0.25, 0.3) is 11.5 Å². The summed E-state index contributed by atoms with van der Waals surface area (Å²) in [6.45, 7) is 0. The van der Waals surface area contributed by atoms with Crippen LogP contribution in [0.25, 0.3) is 11.8 Å². The van der Waals surface area contributed by atoms with Crippen LogP contribution >= 0.6 is 11.6 Å². The number of nitrogens with one attached hydrogen (secondary N) is 1. The number of nitro benzene ring substituents is 1. The predicted octanol–water partition coefficient (Wildman–Crippen LogP) is 2.84. The third-order valence-corrected chi connectivity index (χ3v) is 3.88. The average molecular weight is 391 g/mol. The molecule has 0 saturated carbocycles. The van der Waals surface area contributed by atoms with Crippen molar-refractivity contribution in [2.75, 3.05) is 0 Å². The summed E-state index contributed by atoms with van der Waals surface area (Å²) in [6.07, 6.45) is 2.22. The molecule has 27 heavy (non-hydrogen) atoms. The largest absolute Gasteiger partial charge is 0.439 e. The van der Waals surface area contributed by atoms with E-state index < -0.39 is 27.8 Å². The summed E-state index contributed by atoms with van der Waals surface area (Å²) in [5, 5.41) is 13.0. The van der Waals surface area contributed by atoms with Gasteiger partial charge in [-0.3, -0.25) is 19.4 Å². The fourth-order valence-corrected chi connectivity index (χ4v) is 2.50. The lowest BCUT2D eigenvalue weighted by Gasteiger charge is -1.96. The maximum Gasteiger partial charge on any atom is 0.439 e. The monoisotopic (exact) mass is 390 g/mol. The fourth-order valence-electron chi connectivity index (χ4n) is 2.33. The molecule has 0 spiro atoms. The Kier molecular flexibility index (Phi) is 4.95. The summed E-state index contributed by atoms with van der Waals surface area (Å²) in [4.78, 5) is 34.8. The highest BCUT2D eigenvalue weighted by atomic mass is 35.5. The molecule has 0 aliphatic carbocycles. The maximum atomic E-state index is 13.3. The van der Waals surface area contributed by atoms with Crippen molar-refractivity contribution in [3.8, 4) is 5.69 Å². The number of hydrogen-bond donors (Lipinski definition) is 1. The van der Waals surface area contributed by atoms with Gasteiger partial charge >= 0.3 is 11.3 Å². The second-order valence-electron chi connectivity index (χ2n) is 5.28. The molecule has 0 fully saturated rings. The van der Waals surface area contributed by atoms with E-state index in [0.29, 0.717) is 0 Å². The molecule has 0 amide bonds. The van der Waals surface area contributed by atoms with Gasteiger partial charge in [0.2, 0.25) is 5.69 Å². The van der Waals surface area contributed by atoms with E-state index in [1.54, 1.807) is 6.07 Å². The quantitative estimate of drug-likeness (QED) is 0.237. The molecule has 1 aromatic heterocycles. The number of halogens is 2. The second-order valence-corrected chi connectivity index (χ2v) is 5.68. The highest BCUT2D eigenvalue weighted by molar-refractivity contribution is 6.30. The lowest BCUT2D eigenvalue weighted by molar-refractivity contribution is -0.672. The Labute approximate surface area is 155 Å². The highest BCUT2D eigenvalue weighted by Crippen LogP contribution is 2.19. The number of nitrogens with zero attached hydrogens (tertiary/aromatic N) is 2. The summed E-state index contributed by atoms with van der Waals surface area (Å²) in [5.74, 6) is -1.44. The van der Waals surface area contributed by atoms with Crippen LogP contribution in [0.2, 0.25) is 5.02 Å². The molecule has 0 atom stereocenters. The van der Waals surface area contributed by atoms with Gasteiger partial charge < -0.3 is 0 Å². The number of H-pyrrole nitrogens is 1. The standard InChI is InChI=1S/C17H9ClFN3O5/c18-12-9-11(6-7-13(12)19)21-16(17(24)27-20-21)15(23)8-5-10-3-1-2-4-14(10)22(25)26/h1-9H/p+1/b8-5+. The van der Waals surface area contributed by atoms with Gasteiger partial charge in [0.15, 0.2) is 0 Å². The van der Waals surface area contributed by atoms with E-state index in [2.05, 4.69) is 9.79 Å². The van der Waals surface area contributed by atoms with Crippen molar-refractivity contribution in [3.05, 3.63) is 91.2 Å². The number of carbonyl (C=O) groups is 1. The molecule has 3 aromatic rings. The summed E-state index contributed by atoms with van der Waals surface area (Å²) in [7, 11) is 0. The Morgan fingerprint density at radius 3 is 2.74 bits per heavy atom. The number of nitro groups is 1. The van der Waals surface area contributed by atoms with Crippen LogP contribution in [0.1, 0.15) is 16.1 Å². The molecule has 0 unspecified atom stereocenters. The van der Waals surface area contributed by atoms with Crippen molar-refractivity contribution >= 4 is 29.1 Å². The Hall–Kier alpha value is -3.59. The Bertz CT molecular complexity index is 1140. The lowest BCUT2D eigenvalue weighted by Crippen LogP contribution is -2.40. The molecular formula is C17H10ClFN3O5+. The zero-order valence-electron chi connectivity index (χ0n) is 13.4. The molecule has 0 saturated heterocycles. The summed E-state index contributed by atoms with van der Waals surface area (Å²) in [6, 6.07) is 9.35. The fraction of sp³-hybridized carbons (Fsp3) is 0. The summed E-state index contributed by atoms with van der Waals surface area (Å²) in [5.41, 5.74) is -1.19. The number of allylic oxidation sites excluding steroid dienone is 1. The molecule has 136 valence electrons. The minimum atomic E-state index is -0.965. The Morgan fingerprint density at radius 1 is 1.30 bits per heavy atom. The lowest BCUT2D eigenvalue weighted by atomic mass is 10.1. The smallest absolute Gasteiger partial charge is 0.282 e. The zero-order chi connectivity index (χ0) is 19.6. The van der Waals surface area contributed by atoms with Gasteiger partial charge in [-0.25, -0.2) is 9.18 Å². The van der Waals surface area contributed by atoms with Crippen LogP contribution < -0.4 is 10.3 Å². The van der Waals surface area contributed by atoms with Gasteiger partial charge in [-0.2, -0.15) is 0 Å².